The van der Waals surface area contributed by atoms with Crippen LogP contribution in [0.25, 0.3) is 0 Å². The van der Waals surface area contributed by atoms with Crippen molar-refractivity contribution in [2.75, 3.05) is 6.54 Å². The van der Waals surface area contributed by atoms with E-state index in [9.17, 15) is 5.11 Å². The molecule has 1 N–H and O–H groups in total. The lowest BCUT2D eigenvalue weighted by Gasteiger charge is -2.35. The van der Waals surface area contributed by atoms with Crippen molar-refractivity contribution in [1.29, 1.82) is 0 Å². The van der Waals surface area contributed by atoms with Crippen LogP contribution < -0.4 is 0 Å². The Morgan fingerprint density at radius 1 is 1.41 bits per heavy atom. The van der Waals surface area contributed by atoms with Crippen LogP contribution in [0.15, 0.2) is 22.7 Å². The SMILES string of the molecule is CCC1CCCCN1Cc1cc(Br)ccc1O. The zero-order valence-electron chi connectivity index (χ0n) is 10.3. The molecule has 0 aliphatic carbocycles. The lowest BCUT2D eigenvalue weighted by atomic mass is 9.99. The Morgan fingerprint density at radius 3 is 3.00 bits per heavy atom. The molecule has 1 aliphatic heterocycles. The number of piperidine rings is 1. The molecule has 1 aromatic rings. The molecule has 0 saturated carbocycles. The summed E-state index contributed by atoms with van der Waals surface area (Å²) in [5.74, 6) is 0.411. The lowest BCUT2D eigenvalue weighted by Crippen LogP contribution is -2.38. The first-order chi connectivity index (χ1) is 8.20. The maximum Gasteiger partial charge on any atom is 0.120 e. The van der Waals surface area contributed by atoms with E-state index in [0.29, 0.717) is 11.8 Å². The summed E-state index contributed by atoms with van der Waals surface area (Å²) in [6, 6.07) is 6.36. The van der Waals surface area contributed by atoms with E-state index in [1.54, 1.807) is 6.07 Å². The Labute approximate surface area is 112 Å². The van der Waals surface area contributed by atoms with Gasteiger partial charge in [-0.25, -0.2) is 0 Å². The topological polar surface area (TPSA) is 23.5 Å². The van der Waals surface area contributed by atoms with E-state index in [2.05, 4.69) is 27.8 Å². The number of nitrogens with zero attached hydrogens (tertiary/aromatic N) is 1. The van der Waals surface area contributed by atoms with Gasteiger partial charge in [0.1, 0.15) is 5.75 Å². The molecule has 1 fully saturated rings. The number of phenolic OH excluding ortho intramolecular Hbond substituents is 1. The van der Waals surface area contributed by atoms with Gasteiger partial charge in [0.05, 0.1) is 0 Å². The van der Waals surface area contributed by atoms with Crippen LogP contribution in [0.3, 0.4) is 0 Å². The first-order valence-corrected chi connectivity index (χ1v) is 7.21. The van der Waals surface area contributed by atoms with Crippen molar-refractivity contribution in [1.82, 2.24) is 4.90 Å². The standard InChI is InChI=1S/C14H20BrNO/c1-2-13-5-3-4-8-16(13)10-11-9-12(15)6-7-14(11)17/h6-7,9,13,17H,2-5,8,10H2,1H3. The maximum atomic E-state index is 9.88. The molecule has 0 aromatic heterocycles. The third-order valence-electron chi connectivity index (χ3n) is 3.64. The van der Waals surface area contributed by atoms with Gasteiger partial charge in [-0.1, -0.05) is 29.3 Å². The highest BCUT2D eigenvalue weighted by atomic mass is 79.9. The van der Waals surface area contributed by atoms with Crippen LogP contribution in [-0.4, -0.2) is 22.6 Å². The van der Waals surface area contributed by atoms with Gasteiger partial charge in [-0.3, -0.25) is 4.90 Å². The molecule has 3 heteroatoms. The third kappa shape index (κ3) is 3.23. The number of phenols is 1. The molecule has 1 aliphatic rings. The van der Waals surface area contributed by atoms with Crippen LogP contribution in [-0.2, 0) is 6.54 Å². The smallest absolute Gasteiger partial charge is 0.120 e. The summed E-state index contributed by atoms with van der Waals surface area (Å²) in [6.45, 7) is 4.28. The predicted molar refractivity (Wildman–Crippen MR) is 74.1 cm³/mol. The van der Waals surface area contributed by atoms with Crippen molar-refractivity contribution < 1.29 is 5.11 Å². The molecule has 1 atom stereocenters. The number of likely N-dealkylation sites (tertiary alicyclic amines) is 1. The average Bonchev–Trinajstić information content (AvgIpc) is 2.34. The van der Waals surface area contributed by atoms with Crippen molar-refractivity contribution >= 4 is 15.9 Å². The number of aromatic hydroxyl groups is 1. The van der Waals surface area contributed by atoms with Gasteiger partial charge in [-0.15, -0.1) is 0 Å². The molecule has 94 valence electrons. The second-order valence-corrected chi connectivity index (χ2v) is 5.72. The highest BCUT2D eigenvalue weighted by molar-refractivity contribution is 9.10. The molecule has 1 unspecified atom stereocenters. The van der Waals surface area contributed by atoms with Crippen LogP contribution >= 0.6 is 15.9 Å². The molecular formula is C14H20BrNO. The summed E-state index contributed by atoms with van der Waals surface area (Å²) < 4.78 is 1.04. The lowest BCUT2D eigenvalue weighted by molar-refractivity contribution is 0.135. The molecule has 0 radical (unpaired) electrons. The largest absolute Gasteiger partial charge is 0.508 e. The average molecular weight is 298 g/mol. The van der Waals surface area contributed by atoms with Gasteiger partial charge >= 0.3 is 0 Å². The zero-order valence-corrected chi connectivity index (χ0v) is 11.9. The summed E-state index contributed by atoms with van der Waals surface area (Å²) in [5, 5.41) is 9.88. The first kappa shape index (κ1) is 12.9. The minimum absolute atomic E-state index is 0.411. The zero-order chi connectivity index (χ0) is 12.3. The quantitative estimate of drug-likeness (QED) is 0.914. The molecule has 0 amide bonds. The molecule has 0 spiro atoms. The van der Waals surface area contributed by atoms with Crippen molar-refractivity contribution in [3.8, 4) is 5.75 Å². The van der Waals surface area contributed by atoms with Crippen LogP contribution in [0.5, 0.6) is 5.75 Å². The van der Waals surface area contributed by atoms with Crippen LogP contribution in [0, 0.1) is 0 Å². The number of hydrogen-bond acceptors (Lipinski definition) is 2. The fourth-order valence-electron chi connectivity index (χ4n) is 2.63. The normalized spacial score (nSPS) is 21.6. The van der Waals surface area contributed by atoms with E-state index in [4.69, 9.17) is 0 Å². The highest BCUT2D eigenvalue weighted by Crippen LogP contribution is 2.27. The monoisotopic (exact) mass is 297 g/mol. The van der Waals surface area contributed by atoms with Gasteiger partial charge in [0.15, 0.2) is 0 Å². The van der Waals surface area contributed by atoms with E-state index < -0.39 is 0 Å². The van der Waals surface area contributed by atoms with Gasteiger partial charge in [-0.05, 0) is 44.0 Å². The predicted octanol–water partition coefficient (Wildman–Crippen LogP) is 3.92. The molecule has 1 heterocycles. The number of hydrogen-bond donors (Lipinski definition) is 1. The van der Waals surface area contributed by atoms with Crippen LogP contribution in [0.2, 0.25) is 0 Å². The fraction of sp³-hybridized carbons (Fsp3) is 0.571. The fourth-order valence-corrected chi connectivity index (χ4v) is 3.04. The van der Waals surface area contributed by atoms with Gasteiger partial charge in [-0.2, -0.15) is 0 Å². The second kappa shape index (κ2) is 5.87. The Kier molecular flexibility index (Phi) is 4.46. The second-order valence-electron chi connectivity index (χ2n) is 4.80. The van der Waals surface area contributed by atoms with Crippen LogP contribution in [0.4, 0.5) is 0 Å². The highest BCUT2D eigenvalue weighted by Gasteiger charge is 2.21. The Balaban J connectivity index is 2.10. The van der Waals surface area contributed by atoms with E-state index in [-0.39, 0.29) is 0 Å². The Bertz CT molecular complexity index is 380. The molecule has 1 aromatic carbocycles. The van der Waals surface area contributed by atoms with Gasteiger partial charge < -0.3 is 5.11 Å². The number of rotatable bonds is 3. The van der Waals surface area contributed by atoms with Crippen molar-refractivity contribution in [2.24, 2.45) is 0 Å². The Hall–Kier alpha value is -0.540. The summed E-state index contributed by atoms with van der Waals surface area (Å²) in [6.07, 6.45) is 5.13. The molecule has 17 heavy (non-hydrogen) atoms. The molecule has 2 rings (SSSR count). The molecule has 2 nitrogen and oxygen atoms in total. The number of halogens is 1. The summed E-state index contributed by atoms with van der Waals surface area (Å²) in [7, 11) is 0. The van der Waals surface area contributed by atoms with E-state index in [0.717, 1.165) is 23.1 Å². The number of benzene rings is 1. The van der Waals surface area contributed by atoms with E-state index in [1.165, 1.54) is 25.7 Å². The summed E-state index contributed by atoms with van der Waals surface area (Å²) in [5.41, 5.74) is 1.03. The summed E-state index contributed by atoms with van der Waals surface area (Å²) in [4.78, 5) is 2.50. The summed E-state index contributed by atoms with van der Waals surface area (Å²) >= 11 is 3.46. The first-order valence-electron chi connectivity index (χ1n) is 6.42. The van der Waals surface area contributed by atoms with Crippen LogP contribution in [0.1, 0.15) is 38.2 Å². The molecule has 0 bridgehead atoms. The van der Waals surface area contributed by atoms with Crippen molar-refractivity contribution in [3.05, 3.63) is 28.2 Å². The Morgan fingerprint density at radius 2 is 2.24 bits per heavy atom. The van der Waals surface area contributed by atoms with Gasteiger partial charge in [0.25, 0.3) is 0 Å². The third-order valence-corrected chi connectivity index (χ3v) is 4.13. The van der Waals surface area contributed by atoms with E-state index >= 15 is 0 Å². The maximum absolute atomic E-state index is 9.88. The minimum atomic E-state index is 0.411. The van der Waals surface area contributed by atoms with Gasteiger partial charge in [0.2, 0.25) is 0 Å². The van der Waals surface area contributed by atoms with E-state index in [1.807, 2.05) is 12.1 Å². The molecular weight excluding hydrogens is 278 g/mol. The van der Waals surface area contributed by atoms with Crippen molar-refractivity contribution in [2.45, 2.75) is 45.2 Å². The van der Waals surface area contributed by atoms with Crippen molar-refractivity contribution in [3.63, 3.8) is 0 Å². The molecule has 1 saturated heterocycles. The van der Waals surface area contributed by atoms with Gasteiger partial charge in [0, 0.05) is 22.6 Å². The minimum Gasteiger partial charge on any atom is -0.508 e.